The molecule has 0 aliphatic carbocycles. The lowest BCUT2D eigenvalue weighted by molar-refractivity contribution is 0.0953. The van der Waals surface area contributed by atoms with Crippen LogP contribution in [0.3, 0.4) is 0 Å². The molecule has 1 amide bonds. The average Bonchev–Trinajstić information content (AvgIpc) is 3.04. The van der Waals surface area contributed by atoms with Crippen molar-refractivity contribution < 1.29 is 13.7 Å². The summed E-state index contributed by atoms with van der Waals surface area (Å²) in [6, 6.07) is 12.6. The van der Waals surface area contributed by atoms with Gasteiger partial charge in [0.05, 0.1) is 10.6 Å². The Kier molecular flexibility index (Phi) is 4.86. The molecule has 0 aliphatic rings. The first-order valence-corrected chi connectivity index (χ1v) is 7.62. The molecule has 0 atom stereocenters. The number of rotatable bonds is 5. The Labute approximate surface area is 142 Å². The fourth-order valence-electron chi connectivity index (χ4n) is 2.10. The highest BCUT2D eigenvalue weighted by atomic mass is 35.5. The lowest BCUT2D eigenvalue weighted by atomic mass is 10.2. The minimum atomic E-state index is -0.329. The number of nitrogens with one attached hydrogen (secondary N) is 1. The Hall–Kier alpha value is -2.73. The Morgan fingerprint density at radius 2 is 1.92 bits per heavy atom. The van der Waals surface area contributed by atoms with Crippen LogP contribution in [-0.2, 0) is 6.42 Å². The predicted octanol–water partition coefficient (Wildman–Crippen LogP) is 3.50. The van der Waals surface area contributed by atoms with Crippen LogP contribution in [0.15, 0.2) is 53.1 Å². The minimum Gasteiger partial charge on any atom is -0.351 e. The van der Waals surface area contributed by atoms with Crippen LogP contribution in [0, 0.1) is 5.82 Å². The highest BCUT2D eigenvalue weighted by Crippen LogP contribution is 2.16. The highest BCUT2D eigenvalue weighted by Gasteiger charge is 2.11. The van der Waals surface area contributed by atoms with E-state index in [1.807, 2.05) is 0 Å². The molecule has 0 radical (unpaired) electrons. The summed E-state index contributed by atoms with van der Waals surface area (Å²) < 4.78 is 18.0. The Bertz CT molecular complexity index is 849. The number of amides is 1. The monoisotopic (exact) mass is 345 g/mol. The number of benzene rings is 2. The molecule has 0 bridgehead atoms. The lowest BCUT2D eigenvalue weighted by Crippen LogP contribution is -2.26. The van der Waals surface area contributed by atoms with E-state index in [4.69, 9.17) is 16.1 Å². The third-order valence-electron chi connectivity index (χ3n) is 3.31. The van der Waals surface area contributed by atoms with Crippen molar-refractivity contribution in [2.75, 3.05) is 6.54 Å². The van der Waals surface area contributed by atoms with Crippen LogP contribution in [-0.4, -0.2) is 22.6 Å². The van der Waals surface area contributed by atoms with Gasteiger partial charge in [-0.3, -0.25) is 4.79 Å². The molecule has 0 saturated carbocycles. The molecule has 24 heavy (non-hydrogen) atoms. The van der Waals surface area contributed by atoms with Crippen molar-refractivity contribution in [1.29, 1.82) is 0 Å². The number of carbonyl (C=O) groups excluding carboxylic acids is 1. The second-order valence-corrected chi connectivity index (χ2v) is 5.41. The van der Waals surface area contributed by atoms with Gasteiger partial charge in [-0.2, -0.15) is 4.98 Å². The van der Waals surface area contributed by atoms with E-state index in [0.29, 0.717) is 40.8 Å². The maximum absolute atomic E-state index is 12.9. The van der Waals surface area contributed by atoms with Gasteiger partial charge in [-0.05, 0) is 36.4 Å². The van der Waals surface area contributed by atoms with E-state index in [1.54, 1.807) is 36.4 Å². The summed E-state index contributed by atoms with van der Waals surface area (Å²) in [5.41, 5.74) is 1.07. The largest absolute Gasteiger partial charge is 0.351 e. The SMILES string of the molecule is O=C(NCCc1nc(-c2ccc(F)cc2)no1)c1ccccc1Cl. The zero-order valence-corrected chi connectivity index (χ0v) is 13.3. The molecule has 1 heterocycles. The van der Waals surface area contributed by atoms with Gasteiger partial charge in [-0.1, -0.05) is 28.9 Å². The first kappa shape index (κ1) is 16.1. The van der Waals surface area contributed by atoms with E-state index >= 15 is 0 Å². The van der Waals surface area contributed by atoms with Gasteiger partial charge in [0.25, 0.3) is 5.91 Å². The Balaban J connectivity index is 1.57. The summed E-state index contributed by atoms with van der Waals surface area (Å²) in [5.74, 6) is 0.167. The van der Waals surface area contributed by atoms with Crippen LogP contribution in [0.1, 0.15) is 16.2 Å². The fourth-order valence-corrected chi connectivity index (χ4v) is 2.32. The number of hydrogen-bond donors (Lipinski definition) is 1. The zero-order valence-electron chi connectivity index (χ0n) is 12.5. The summed E-state index contributed by atoms with van der Waals surface area (Å²) in [5, 5.41) is 6.98. The molecular weight excluding hydrogens is 333 g/mol. The van der Waals surface area contributed by atoms with Crippen LogP contribution >= 0.6 is 11.6 Å². The normalized spacial score (nSPS) is 10.6. The van der Waals surface area contributed by atoms with E-state index in [9.17, 15) is 9.18 Å². The molecule has 122 valence electrons. The maximum atomic E-state index is 12.9. The summed E-state index contributed by atoms with van der Waals surface area (Å²) >= 11 is 5.97. The minimum absolute atomic E-state index is 0.265. The number of aromatic nitrogens is 2. The van der Waals surface area contributed by atoms with Crippen molar-refractivity contribution in [2.24, 2.45) is 0 Å². The zero-order chi connectivity index (χ0) is 16.9. The third-order valence-corrected chi connectivity index (χ3v) is 3.64. The first-order chi connectivity index (χ1) is 11.6. The third kappa shape index (κ3) is 3.78. The predicted molar refractivity (Wildman–Crippen MR) is 87.2 cm³/mol. The summed E-state index contributed by atoms with van der Waals surface area (Å²) in [4.78, 5) is 16.2. The molecule has 3 aromatic rings. The Morgan fingerprint density at radius 3 is 2.67 bits per heavy atom. The molecule has 0 saturated heterocycles. The van der Waals surface area contributed by atoms with E-state index < -0.39 is 0 Å². The van der Waals surface area contributed by atoms with Crippen molar-refractivity contribution in [2.45, 2.75) is 6.42 Å². The molecule has 2 aromatic carbocycles. The van der Waals surface area contributed by atoms with Gasteiger partial charge in [-0.25, -0.2) is 4.39 Å². The molecule has 3 rings (SSSR count). The smallest absolute Gasteiger partial charge is 0.252 e. The van der Waals surface area contributed by atoms with E-state index in [-0.39, 0.29) is 11.7 Å². The first-order valence-electron chi connectivity index (χ1n) is 7.25. The molecule has 1 N–H and O–H groups in total. The summed E-state index contributed by atoms with van der Waals surface area (Å²) in [6.45, 7) is 0.328. The second kappa shape index (κ2) is 7.23. The van der Waals surface area contributed by atoms with Gasteiger partial charge in [0.1, 0.15) is 5.82 Å². The standard InChI is InChI=1S/C17H13ClFN3O2/c18-14-4-2-1-3-13(14)17(23)20-10-9-15-21-16(22-24-15)11-5-7-12(19)8-6-11/h1-8H,9-10H2,(H,20,23). The van der Waals surface area contributed by atoms with Crippen molar-refractivity contribution in [3.63, 3.8) is 0 Å². The maximum Gasteiger partial charge on any atom is 0.252 e. The van der Waals surface area contributed by atoms with E-state index in [0.717, 1.165) is 0 Å². The molecule has 0 unspecified atom stereocenters. The summed E-state index contributed by atoms with van der Waals surface area (Å²) in [6.07, 6.45) is 0.379. The highest BCUT2D eigenvalue weighted by molar-refractivity contribution is 6.33. The molecule has 0 spiro atoms. The molecule has 0 aliphatic heterocycles. The quantitative estimate of drug-likeness (QED) is 0.768. The Morgan fingerprint density at radius 1 is 1.17 bits per heavy atom. The topological polar surface area (TPSA) is 68.0 Å². The molecular formula is C17H13ClFN3O2. The van der Waals surface area contributed by atoms with E-state index in [1.165, 1.54) is 12.1 Å². The second-order valence-electron chi connectivity index (χ2n) is 5.00. The van der Waals surface area contributed by atoms with Gasteiger partial charge in [-0.15, -0.1) is 0 Å². The summed E-state index contributed by atoms with van der Waals surface area (Å²) in [7, 11) is 0. The van der Waals surface area contributed by atoms with Gasteiger partial charge in [0, 0.05) is 18.5 Å². The molecule has 7 heteroatoms. The van der Waals surface area contributed by atoms with Crippen LogP contribution in [0.2, 0.25) is 5.02 Å². The number of carbonyl (C=O) groups is 1. The van der Waals surface area contributed by atoms with Crippen LogP contribution in [0.25, 0.3) is 11.4 Å². The van der Waals surface area contributed by atoms with Crippen molar-refractivity contribution >= 4 is 17.5 Å². The number of hydrogen-bond acceptors (Lipinski definition) is 4. The van der Waals surface area contributed by atoms with Gasteiger partial charge in [0.15, 0.2) is 0 Å². The fraction of sp³-hybridized carbons (Fsp3) is 0.118. The van der Waals surface area contributed by atoms with Crippen molar-refractivity contribution in [3.8, 4) is 11.4 Å². The van der Waals surface area contributed by atoms with Gasteiger partial charge >= 0.3 is 0 Å². The van der Waals surface area contributed by atoms with Crippen molar-refractivity contribution in [3.05, 3.63) is 70.8 Å². The van der Waals surface area contributed by atoms with Crippen LogP contribution in [0.5, 0.6) is 0 Å². The lowest BCUT2D eigenvalue weighted by Gasteiger charge is -2.04. The van der Waals surface area contributed by atoms with Gasteiger partial charge in [0.2, 0.25) is 11.7 Å². The van der Waals surface area contributed by atoms with Crippen LogP contribution in [0.4, 0.5) is 4.39 Å². The molecule has 0 fully saturated rings. The van der Waals surface area contributed by atoms with Crippen LogP contribution < -0.4 is 5.32 Å². The molecule has 5 nitrogen and oxygen atoms in total. The van der Waals surface area contributed by atoms with Gasteiger partial charge < -0.3 is 9.84 Å². The average molecular weight is 346 g/mol. The van der Waals surface area contributed by atoms with E-state index in [2.05, 4.69) is 15.5 Å². The molecule has 1 aromatic heterocycles. The van der Waals surface area contributed by atoms with Crippen molar-refractivity contribution in [1.82, 2.24) is 15.5 Å². The number of halogens is 2. The number of nitrogens with zero attached hydrogens (tertiary/aromatic N) is 2.